The van der Waals surface area contributed by atoms with Crippen molar-refractivity contribution in [2.45, 2.75) is 48.6 Å². The van der Waals surface area contributed by atoms with Gasteiger partial charge in [-0.05, 0) is 44.4 Å². The van der Waals surface area contributed by atoms with Crippen molar-refractivity contribution in [3.63, 3.8) is 0 Å². The molecule has 1 fully saturated rings. The Labute approximate surface area is 129 Å². The predicted octanol–water partition coefficient (Wildman–Crippen LogP) is 3.47. The molecular weight excluding hydrogens is 280 g/mol. The number of nitrogens with zero attached hydrogens (tertiary/aromatic N) is 2. The van der Waals surface area contributed by atoms with E-state index in [0.29, 0.717) is 5.25 Å². The second kappa shape index (κ2) is 6.08. The minimum Gasteiger partial charge on any atom is -0.333 e. The molecule has 1 saturated carbocycles. The standard InChI is InChI=1S/C16H20N4S/c1-2-9-18-16(11-17)8-7-12(10-16)21-15-19-13-5-3-4-6-14(13)20-15/h3-6,12,18H,2,7-10H2,1H3,(H,19,20). The monoisotopic (exact) mass is 300 g/mol. The van der Waals surface area contributed by atoms with Gasteiger partial charge in [-0.3, -0.25) is 5.32 Å². The summed E-state index contributed by atoms with van der Waals surface area (Å²) in [4.78, 5) is 7.98. The van der Waals surface area contributed by atoms with Gasteiger partial charge < -0.3 is 4.98 Å². The molecule has 1 heterocycles. The summed E-state index contributed by atoms with van der Waals surface area (Å²) in [6, 6.07) is 10.6. The fourth-order valence-corrected chi connectivity index (χ4v) is 4.15. The summed E-state index contributed by atoms with van der Waals surface area (Å²) in [7, 11) is 0. The molecule has 0 saturated heterocycles. The number of H-pyrrole nitrogens is 1. The Morgan fingerprint density at radius 2 is 2.38 bits per heavy atom. The highest BCUT2D eigenvalue weighted by Gasteiger charge is 2.39. The van der Waals surface area contributed by atoms with Gasteiger partial charge in [-0.15, -0.1) is 0 Å². The van der Waals surface area contributed by atoms with Gasteiger partial charge in [0.2, 0.25) is 0 Å². The van der Waals surface area contributed by atoms with Gasteiger partial charge in [0.1, 0.15) is 5.54 Å². The van der Waals surface area contributed by atoms with Crippen LogP contribution in [0.15, 0.2) is 29.4 Å². The number of thioether (sulfide) groups is 1. The third kappa shape index (κ3) is 3.07. The van der Waals surface area contributed by atoms with Crippen molar-refractivity contribution in [2.24, 2.45) is 0 Å². The minimum atomic E-state index is -0.334. The van der Waals surface area contributed by atoms with Crippen molar-refractivity contribution < 1.29 is 0 Å². The summed E-state index contributed by atoms with van der Waals surface area (Å²) in [6.07, 6.45) is 3.95. The highest BCUT2D eigenvalue weighted by Crippen LogP contribution is 2.39. The van der Waals surface area contributed by atoms with Crippen LogP contribution in [0, 0.1) is 11.3 Å². The number of fused-ring (bicyclic) bond motifs is 1. The first-order valence-corrected chi connectivity index (χ1v) is 8.40. The highest BCUT2D eigenvalue weighted by atomic mass is 32.2. The van der Waals surface area contributed by atoms with Crippen LogP contribution in [0.5, 0.6) is 0 Å². The maximum absolute atomic E-state index is 9.50. The second-order valence-corrected chi connectivity index (χ2v) is 6.95. The van der Waals surface area contributed by atoms with E-state index in [1.807, 2.05) is 24.3 Å². The minimum absolute atomic E-state index is 0.334. The summed E-state index contributed by atoms with van der Waals surface area (Å²) in [5.74, 6) is 0. The molecule has 1 aliphatic carbocycles. The smallest absolute Gasteiger partial charge is 0.166 e. The van der Waals surface area contributed by atoms with Crippen LogP contribution in [0.1, 0.15) is 32.6 Å². The van der Waals surface area contributed by atoms with Crippen molar-refractivity contribution in [2.75, 3.05) is 6.54 Å². The van der Waals surface area contributed by atoms with E-state index in [0.717, 1.165) is 48.4 Å². The lowest BCUT2D eigenvalue weighted by Gasteiger charge is -2.22. The van der Waals surface area contributed by atoms with Crippen molar-refractivity contribution in [1.29, 1.82) is 5.26 Å². The molecule has 0 spiro atoms. The van der Waals surface area contributed by atoms with Crippen LogP contribution in [-0.2, 0) is 0 Å². The van der Waals surface area contributed by atoms with Crippen LogP contribution in [0.2, 0.25) is 0 Å². The van der Waals surface area contributed by atoms with Crippen molar-refractivity contribution in [3.8, 4) is 6.07 Å². The Morgan fingerprint density at radius 3 is 3.14 bits per heavy atom. The van der Waals surface area contributed by atoms with Crippen LogP contribution >= 0.6 is 11.8 Å². The van der Waals surface area contributed by atoms with E-state index in [-0.39, 0.29) is 5.54 Å². The van der Waals surface area contributed by atoms with Gasteiger partial charge >= 0.3 is 0 Å². The van der Waals surface area contributed by atoms with Crippen LogP contribution in [0.25, 0.3) is 11.0 Å². The molecule has 5 heteroatoms. The fraction of sp³-hybridized carbons (Fsp3) is 0.500. The zero-order valence-corrected chi connectivity index (χ0v) is 13.0. The third-order valence-corrected chi connectivity index (χ3v) is 5.19. The molecule has 2 aromatic rings. The Morgan fingerprint density at radius 1 is 1.52 bits per heavy atom. The number of benzene rings is 1. The molecular formula is C16H20N4S. The second-order valence-electron chi connectivity index (χ2n) is 5.66. The lowest BCUT2D eigenvalue weighted by molar-refractivity contribution is 0.424. The number of hydrogen-bond donors (Lipinski definition) is 2. The quantitative estimate of drug-likeness (QED) is 0.887. The zero-order valence-electron chi connectivity index (χ0n) is 12.2. The summed E-state index contributed by atoms with van der Waals surface area (Å²) in [5, 5.41) is 14.3. The van der Waals surface area contributed by atoms with E-state index in [4.69, 9.17) is 0 Å². The van der Waals surface area contributed by atoms with Crippen LogP contribution in [-0.4, -0.2) is 27.3 Å². The van der Waals surface area contributed by atoms with Gasteiger partial charge in [0.25, 0.3) is 0 Å². The molecule has 2 unspecified atom stereocenters. The first-order valence-electron chi connectivity index (χ1n) is 7.52. The summed E-state index contributed by atoms with van der Waals surface area (Å²) >= 11 is 1.77. The number of aromatic nitrogens is 2. The lowest BCUT2D eigenvalue weighted by Crippen LogP contribution is -2.42. The van der Waals surface area contributed by atoms with E-state index in [1.54, 1.807) is 11.8 Å². The average molecular weight is 300 g/mol. The van der Waals surface area contributed by atoms with Crippen molar-refractivity contribution >= 4 is 22.8 Å². The molecule has 1 aliphatic rings. The maximum atomic E-state index is 9.50. The topological polar surface area (TPSA) is 64.5 Å². The highest BCUT2D eigenvalue weighted by molar-refractivity contribution is 7.99. The maximum Gasteiger partial charge on any atom is 0.166 e. The van der Waals surface area contributed by atoms with E-state index in [9.17, 15) is 5.26 Å². The normalized spacial score (nSPS) is 25.2. The average Bonchev–Trinajstić information content (AvgIpc) is 3.09. The molecule has 0 aliphatic heterocycles. The van der Waals surface area contributed by atoms with Crippen molar-refractivity contribution in [3.05, 3.63) is 24.3 Å². The number of para-hydroxylation sites is 2. The number of nitrogens with one attached hydrogen (secondary N) is 2. The van der Waals surface area contributed by atoms with E-state index < -0.39 is 0 Å². The number of imidazole rings is 1. The molecule has 1 aromatic carbocycles. The number of rotatable bonds is 5. The van der Waals surface area contributed by atoms with Gasteiger partial charge in [-0.1, -0.05) is 30.8 Å². The largest absolute Gasteiger partial charge is 0.333 e. The molecule has 1 aromatic heterocycles. The van der Waals surface area contributed by atoms with Gasteiger partial charge in [0.05, 0.1) is 17.1 Å². The Balaban J connectivity index is 1.67. The third-order valence-electron chi connectivity index (χ3n) is 4.04. The molecule has 110 valence electrons. The summed E-state index contributed by atoms with van der Waals surface area (Å²) < 4.78 is 0. The Hall–Kier alpha value is -1.51. The fourth-order valence-electron chi connectivity index (χ4n) is 2.91. The molecule has 2 atom stereocenters. The first kappa shape index (κ1) is 14.4. The molecule has 3 rings (SSSR count). The summed E-state index contributed by atoms with van der Waals surface area (Å²) in [5.41, 5.74) is 1.75. The molecule has 0 bridgehead atoms. The number of nitriles is 1. The molecule has 4 nitrogen and oxygen atoms in total. The van der Waals surface area contributed by atoms with Crippen LogP contribution in [0.4, 0.5) is 0 Å². The predicted molar refractivity (Wildman–Crippen MR) is 86.2 cm³/mol. The van der Waals surface area contributed by atoms with Crippen LogP contribution in [0.3, 0.4) is 0 Å². The Bertz CT molecular complexity index is 627. The van der Waals surface area contributed by atoms with E-state index >= 15 is 0 Å². The summed E-state index contributed by atoms with van der Waals surface area (Å²) in [6.45, 7) is 3.04. The lowest BCUT2D eigenvalue weighted by atomic mass is 10.00. The number of hydrogen-bond acceptors (Lipinski definition) is 4. The van der Waals surface area contributed by atoms with Crippen LogP contribution < -0.4 is 5.32 Å². The van der Waals surface area contributed by atoms with E-state index in [2.05, 4.69) is 28.3 Å². The molecule has 0 radical (unpaired) electrons. The number of aromatic amines is 1. The zero-order chi connectivity index (χ0) is 14.7. The first-order chi connectivity index (χ1) is 10.2. The van der Waals surface area contributed by atoms with Gasteiger partial charge in [-0.2, -0.15) is 5.26 Å². The van der Waals surface area contributed by atoms with Gasteiger partial charge in [0, 0.05) is 5.25 Å². The molecule has 0 amide bonds. The van der Waals surface area contributed by atoms with E-state index in [1.165, 1.54) is 0 Å². The molecule has 21 heavy (non-hydrogen) atoms. The van der Waals surface area contributed by atoms with Gasteiger partial charge in [0.15, 0.2) is 5.16 Å². The molecule has 2 N–H and O–H groups in total. The van der Waals surface area contributed by atoms with Crippen molar-refractivity contribution in [1.82, 2.24) is 15.3 Å². The SMILES string of the molecule is CCCNC1(C#N)CCC(Sc2nc3ccccc3[nH]2)C1. The van der Waals surface area contributed by atoms with Gasteiger partial charge in [-0.25, -0.2) is 4.98 Å². The Kier molecular flexibility index (Phi) is 4.18.